The number of nitrogens with two attached hydrogens (primary N) is 2. The Kier molecular flexibility index (Phi) is 9.16. The number of aryl methyl sites for hydroxylation is 1. The summed E-state index contributed by atoms with van der Waals surface area (Å²) in [6.45, 7) is 18.5. The molecule has 1 aromatic carbocycles. The number of nitrogens with zero attached hydrogens (tertiary/aromatic N) is 2. The SMILES string of the molecule is Cc1cc2c(cc1CN(CC1CCC(CN=C(N)N)CC1)C(=O)CCC(C)C)C(C)(C)CCC2(C)C. The topological polar surface area (TPSA) is 84.7 Å². The van der Waals surface area contributed by atoms with Crippen LogP contribution in [-0.4, -0.2) is 29.9 Å². The van der Waals surface area contributed by atoms with Crippen molar-refractivity contribution in [2.24, 2.45) is 34.2 Å². The van der Waals surface area contributed by atoms with Crippen molar-refractivity contribution in [3.63, 3.8) is 0 Å². The second-order valence-corrected chi connectivity index (χ2v) is 13.5. The fraction of sp³-hybridized carbons (Fsp3) is 0.742. The van der Waals surface area contributed by atoms with E-state index in [9.17, 15) is 4.79 Å². The summed E-state index contributed by atoms with van der Waals surface area (Å²) in [5.74, 6) is 2.14. The minimum Gasteiger partial charge on any atom is -0.370 e. The molecule has 4 N–H and O–H groups in total. The zero-order valence-corrected chi connectivity index (χ0v) is 24.1. The predicted molar refractivity (Wildman–Crippen MR) is 152 cm³/mol. The summed E-state index contributed by atoms with van der Waals surface area (Å²) in [5.41, 5.74) is 17.1. The van der Waals surface area contributed by atoms with E-state index in [1.165, 1.54) is 35.1 Å². The van der Waals surface area contributed by atoms with E-state index >= 15 is 0 Å². The van der Waals surface area contributed by atoms with Gasteiger partial charge in [-0.15, -0.1) is 0 Å². The molecule has 0 aromatic heterocycles. The van der Waals surface area contributed by atoms with Gasteiger partial charge in [-0.1, -0.05) is 53.7 Å². The van der Waals surface area contributed by atoms with Crippen LogP contribution in [0.4, 0.5) is 0 Å². The first-order valence-corrected chi connectivity index (χ1v) is 14.3. The van der Waals surface area contributed by atoms with Crippen LogP contribution in [0.1, 0.15) is 115 Å². The van der Waals surface area contributed by atoms with Gasteiger partial charge in [0, 0.05) is 26.1 Å². The van der Waals surface area contributed by atoms with Crippen LogP contribution in [0, 0.1) is 24.7 Å². The molecule has 1 amide bonds. The van der Waals surface area contributed by atoms with Gasteiger partial charge in [0.1, 0.15) is 0 Å². The smallest absolute Gasteiger partial charge is 0.222 e. The molecule has 0 heterocycles. The number of guanidine groups is 1. The first-order valence-electron chi connectivity index (χ1n) is 14.3. The van der Waals surface area contributed by atoms with Crippen LogP contribution in [0.3, 0.4) is 0 Å². The molecule has 0 spiro atoms. The molecule has 5 heteroatoms. The molecule has 1 fully saturated rings. The Bertz CT molecular complexity index is 934. The van der Waals surface area contributed by atoms with Crippen molar-refractivity contribution in [2.45, 2.75) is 117 Å². The van der Waals surface area contributed by atoms with E-state index < -0.39 is 0 Å². The fourth-order valence-electron chi connectivity index (χ4n) is 6.11. The molecule has 0 saturated heterocycles. The Balaban J connectivity index is 1.79. The number of benzene rings is 1. The molecular weight excluding hydrogens is 444 g/mol. The zero-order valence-electron chi connectivity index (χ0n) is 24.1. The maximum absolute atomic E-state index is 13.5. The molecule has 0 aliphatic heterocycles. The molecule has 36 heavy (non-hydrogen) atoms. The molecule has 1 saturated carbocycles. The largest absolute Gasteiger partial charge is 0.370 e. The molecule has 2 aliphatic rings. The Morgan fingerprint density at radius 2 is 1.56 bits per heavy atom. The molecule has 0 atom stereocenters. The van der Waals surface area contributed by atoms with Gasteiger partial charge in [-0.05, 0) is 103 Å². The van der Waals surface area contributed by atoms with Crippen LogP contribution in [0.25, 0.3) is 0 Å². The van der Waals surface area contributed by atoms with Crippen LogP contribution < -0.4 is 11.5 Å². The third-order valence-corrected chi connectivity index (χ3v) is 8.94. The lowest BCUT2D eigenvalue weighted by Crippen LogP contribution is -2.37. The van der Waals surface area contributed by atoms with Gasteiger partial charge in [-0.3, -0.25) is 9.79 Å². The molecule has 202 valence electrons. The van der Waals surface area contributed by atoms with Crippen LogP contribution in [0.2, 0.25) is 0 Å². The van der Waals surface area contributed by atoms with Gasteiger partial charge in [0.25, 0.3) is 0 Å². The lowest BCUT2D eigenvalue weighted by molar-refractivity contribution is -0.133. The number of rotatable bonds is 9. The van der Waals surface area contributed by atoms with Gasteiger partial charge in [0.2, 0.25) is 5.91 Å². The quantitative estimate of drug-likeness (QED) is 0.316. The number of hydrogen-bond donors (Lipinski definition) is 2. The Labute approximate surface area is 220 Å². The van der Waals surface area contributed by atoms with E-state index in [4.69, 9.17) is 11.5 Å². The first kappa shape index (κ1) is 28.5. The highest BCUT2D eigenvalue weighted by atomic mass is 16.2. The third kappa shape index (κ3) is 7.26. The monoisotopic (exact) mass is 496 g/mol. The van der Waals surface area contributed by atoms with Crippen molar-refractivity contribution in [2.75, 3.05) is 13.1 Å². The van der Waals surface area contributed by atoms with Crippen molar-refractivity contribution in [3.8, 4) is 0 Å². The molecular formula is C31H52N4O. The van der Waals surface area contributed by atoms with E-state index in [2.05, 4.69) is 70.5 Å². The number of hydrogen-bond acceptors (Lipinski definition) is 2. The van der Waals surface area contributed by atoms with E-state index in [0.717, 1.165) is 51.7 Å². The number of fused-ring (bicyclic) bond motifs is 1. The van der Waals surface area contributed by atoms with Crippen molar-refractivity contribution in [3.05, 3.63) is 34.4 Å². The Morgan fingerprint density at radius 1 is 1.00 bits per heavy atom. The van der Waals surface area contributed by atoms with Gasteiger partial charge >= 0.3 is 0 Å². The van der Waals surface area contributed by atoms with Crippen LogP contribution in [0.5, 0.6) is 0 Å². The van der Waals surface area contributed by atoms with Gasteiger partial charge in [-0.25, -0.2) is 0 Å². The summed E-state index contributed by atoms with van der Waals surface area (Å²) in [6.07, 6.45) is 8.57. The molecule has 5 nitrogen and oxygen atoms in total. The van der Waals surface area contributed by atoms with Gasteiger partial charge < -0.3 is 16.4 Å². The lowest BCUT2D eigenvalue weighted by atomic mass is 9.62. The second-order valence-electron chi connectivity index (χ2n) is 13.5. The van der Waals surface area contributed by atoms with E-state index in [-0.39, 0.29) is 16.8 Å². The summed E-state index contributed by atoms with van der Waals surface area (Å²) in [7, 11) is 0. The van der Waals surface area contributed by atoms with Crippen molar-refractivity contribution < 1.29 is 4.79 Å². The normalized spacial score (nSPS) is 22.7. The molecule has 0 bridgehead atoms. The third-order valence-electron chi connectivity index (χ3n) is 8.94. The first-order chi connectivity index (χ1) is 16.8. The van der Waals surface area contributed by atoms with Gasteiger partial charge in [0.15, 0.2) is 5.96 Å². The number of amides is 1. The van der Waals surface area contributed by atoms with Crippen LogP contribution >= 0.6 is 0 Å². The van der Waals surface area contributed by atoms with Crippen molar-refractivity contribution >= 4 is 11.9 Å². The molecule has 3 rings (SSSR count). The second kappa shape index (κ2) is 11.6. The molecule has 1 aromatic rings. The average Bonchev–Trinajstić information content (AvgIpc) is 2.80. The van der Waals surface area contributed by atoms with Gasteiger partial charge in [0.05, 0.1) is 0 Å². The highest BCUT2D eigenvalue weighted by Crippen LogP contribution is 2.46. The molecule has 2 aliphatic carbocycles. The number of aliphatic imine (C=N–C) groups is 1. The standard InChI is InChI=1S/C31H52N4O/c1-21(2)8-13-28(36)35(19-24-11-9-23(10-12-24)18-34-29(32)33)20-25-17-27-26(16-22(25)3)30(4,5)14-15-31(27,6)7/h16-17,21,23-24H,8-15,18-20H2,1-7H3,(H4,32,33,34). The highest BCUT2D eigenvalue weighted by Gasteiger charge is 2.37. The van der Waals surface area contributed by atoms with Gasteiger partial charge in [-0.2, -0.15) is 0 Å². The molecule has 0 radical (unpaired) electrons. The number of carbonyl (C=O) groups is 1. The molecule has 0 unspecified atom stereocenters. The Morgan fingerprint density at radius 3 is 2.11 bits per heavy atom. The van der Waals surface area contributed by atoms with E-state index in [0.29, 0.717) is 30.1 Å². The summed E-state index contributed by atoms with van der Waals surface area (Å²) in [4.78, 5) is 19.9. The van der Waals surface area contributed by atoms with E-state index in [1.54, 1.807) is 0 Å². The average molecular weight is 497 g/mol. The summed E-state index contributed by atoms with van der Waals surface area (Å²) in [5, 5.41) is 0. The fourth-order valence-corrected chi connectivity index (χ4v) is 6.11. The summed E-state index contributed by atoms with van der Waals surface area (Å²) in [6, 6.07) is 4.87. The minimum atomic E-state index is 0.174. The summed E-state index contributed by atoms with van der Waals surface area (Å²) >= 11 is 0. The lowest BCUT2D eigenvalue weighted by Gasteiger charge is -2.42. The minimum absolute atomic E-state index is 0.174. The Hall–Kier alpha value is -2.04. The maximum Gasteiger partial charge on any atom is 0.222 e. The van der Waals surface area contributed by atoms with Crippen molar-refractivity contribution in [1.29, 1.82) is 0 Å². The highest BCUT2D eigenvalue weighted by molar-refractivity contribution is 5.76. The van der Waals surface area contributed by atoms with E-state index in [1.807, 2.05) is 0 Å². The predicted octanol–water partition coefficient (Wildman–Crippen LogP) is 6.19. The maximum atomic E-state index is 13.5. The zero-order chi connectivity index (χ0) is 26.7. The van der Waals surface area contributed by atoms with Crippen molar-refractivity contribution in [1.82, 2.24) is 4.90 Å². The number of carbonyl (C=O) groups excluding carboxylic acids is 1. The summed E-state index contributed by atoms with van der Waals surface area (Å²) < 4.78 is 0. The van der Waals surface area contributed by atoms with Crippen LogP contribution in [-0.2, 0) is 22.2 Å². The van der Waals surface area contributed by atoms with Crippen LogP contribution in [0.15, 0.2) is 17.1 Å².